The molecule has 0 spiro atoms. The van der Waals surface area contributed by atoms with Crippen LogP contribution in [0.1, 0.15) is 44.6 Å². The van der Waals surface area contributed by atoms with E-state index in [1.807, 2.05) is 12.1 Å². The highest BCUT2D eigenvalue weighted by molar-refractivity contribution is 5.25. The minimum absolute atomic E-state index is 0.123. The number of hydrogen-bond donors (Lipinski definition) is 1. The van der Waals surface area contributed by atoms with Crippen LogP contribution < -0.4 is 0 Å². The zero-order valence-corrected chi connectivity index (χ0v) is 9.91. The predicted octanol–water partition coefficient (Wildman–Crippen LogP) is 3.63. The molecule has 1 saturated carbocycles. The van der Waals surface area contributed by atoms with Crippen molar-refractivity contribution in [3.05, 3.63) is 29.8 Å². The first-order valence-corrected chi connectivity index (χ1v) is 6.16. The van der Waals surface area contributed by atoms with E-state index in [0.29, 0.717) is 12.4 Å². The van der Waals surface area contributed by atoms with Crippen LogP contribution in [-0.4, -0.2) is 10.7 Å². The summed E-state index contributed by atoms with van der Waals surface area (Å²) in [5, 5.41) is 9.19. The van der Waals surface area contributed by atoms with Crippen LogP contribution in [-0.2, 0) is 11.3 Å². The van der Waals surface area contributed by atoms with E-state index in [1.54, 1.807) is 12.1 Å². The second-order valence-electron chi connectivity index (χ2n) is 4.70. The number of phenols is 1. The molecule has 0 heterocycles. The molecule has 88 valence electrons. The van der Waals surface area contributed by atoms with Gasteiger partial charge in [-0.3, -0.25) is 0 Å². The maximum Gasteiger partial charge on any atom is 0.115 e. The van der Waals surface area contributed by atoms with Crippen LogP contribution in [0.2, 0.25) is 0 Å². The van der Waals surface area contributed by atoms with Crippen molar-refractivity contribution in [1.29, 1.82) is 0 Å². The van der Waals surface area contributed by atoms with Gasteiger partial charge in [0.15, 0.2) is 0 Å². The van der Waals surface area contributed by atoms with Gasteiger partial charge >= 0.3 is 0 Å². The van der Waals surface area contributed by atoms with Crippen molar-refractivity contribution in [3.63, 3.8) is 0 Å². The Kier molecular flexibility index (Phi) is 3.49. The third-order valence-corrected chi connectivity index (χ3v) is 3.64. The Balaban J connectivity index is 1.93. The van der Waals surface area contributed by atoms with Crippen molar-refractivity contribution in [3.8, 4) is 5.75 Å². The van der Waals surface area contributed by atoms with Gasteiger partial charge < -0.3 is 9.84 Å². The highest BCUT2D eigenvalue weighted by Crippen LogP contribution is 2.36. The van der Waals surface area contributed by atoms with E-state index < -0.39 is 0 Å². The number of rotatable bonds is 4. The van der Waals surface area contributed by atoms with Crippen molar-refractivity contribution in [2.45, 2.75) is 51.2 Å². The molecule has 1 aliphatic carbocycles. The van der Waals surface area contributed by atoms with Gasteiger partial charge in [0.2, 0.25) is 0 Å². The van der Waals surface area contributed by atoms with Gasteiger partial charge in [-0.15, -0.1) is 0 Å². The smallest absolute Gasteiger partial charge is 0.115 e. The Hall–Kier alpha value is -1.02. The van der Waals surface area contributed by atoms with E-state index in [9.17, 15) is 5.11 Å². The number of ether oxygens (including phenoxy) is 1. The molecule has 0 saturated heterocycles. The molecule has 0 amide bonds. The van der Waals surface area contributed by atoms with Crippen LogP contribution in [0.25, 0.3) is 0 Å². The highest BCUT2D eigenvalue weighted by Gasteiger charge is 2.32. The van der Waals surface area contributed by atoms with Gasteiger partial charge in [-0.1, -0.05) is 31.9 Å². The Morgan fingerprint density at radius 2 is 1.81 bits per heavy atom. The largest absolute Gasteiger partial charge is 0.508 e. The van der Waals surface area contributed by atoms with Crippen LogP contribution in [0.4, 0.5) is 0 Å². The van der Waals surface area contributed by atoms with Gasteiger partial charge in [-0.25, -0.2) is 0 Å². The first kappa shape index (κ1) is 11.5. The summed E-state index contributed by atoms with van der Waals surface area (Å²) in [7, 11) is 0. The van der Waals surface area contributed by atoms with E-state index in [0.717, 1.165) is 12.0 Å². The van der Waals surface area contributed by atoms with Crippen LogP contribution >= 0.6 is 0 Å². The molecule has 2 nitrogen and oxygen atoms in total. The van der Waals surface area contributed by atoms with E-state index >= 15 is 0 Å². The second-order valence-corrected chi connectivity index (χ2v) is 4.70. The van der Waals surface area contributed by atoms with Gasteiger partial charge in [0.1, 0.15) is 5.75 Å². The summed E-state index contributed by atoms with van der Waals surface area (Å²) in [4.78, 5) is 0. The summed E-state index contributed by atoms with van der Waals surface area (Å²) in [6.07, 6.45) is 6.08. The molecular formula is C14H20O2. The standard InChI is InChI=1S/C14H20O2/c1-2-14(9-3-4-10-14)16-11-12-5-7-13(15)8-6-12/h5-8,15H,2-4,9-11H2,1H3. The predicted molar refractivity (Wildman–Crippen MR) is 64.4 cm³/mol. The van der Waals surface area contributed by atoms with Crippen molar-refractivity contribution < 1.29 is 9.84 Å². The zero-order valence-electron chi connectivity index (χ0n) is 9.91. The molecule has 0 bridgehead atoms. The summed E-state index contributed by atoms with van der Waals surface area (Å²) in [5.41, 5.74) is 1.26. The van der Waals surface area contributed by atoms with Crippen LogP contribution in [0.5, 0.6) is 5.75 Å². The molecule has 1 fully saturated rings. The molecule has 0 atom stereocenters. The van der Waals surface area contributed by atoms with Gasteiger partial charge in [0.05, 0.1) is 12.2 Å². The highest BCUT2D eigenvalue weighted by atomic mass is 16.5. The summed E-state index contributed by atoms with van der Waals surface area (Å²) < 4.78 is 6.08. The Bertz CT molecular complexity index is 323. The normalized spacial score (nSPS) is 18.8. The van der Waals surface area contributed by atoms with Crippen LogP contribution in [0, 0.1) is 0 Å². The van der Waals surface area contributed by atoms with E-state index in [4.69, 9.17) is 4.74 Å². The average Bonchev–Trinajstić information content (AvgIpc) is 2.78. The Labute approximate surface area is 97.3 Å². The van der Waals surface area contributed by atoms with Crippen molar-refractivity contribution in [2.75, 3.05) is 0 Å². The summed E-state index contributed by atoms with van der Waals surface area (Å²) in [5.74, 6) is 0.315. The Morgan fingerprint density at radius 1 is 1.19 bits per heavy atom. The number of benzene rings is 1. The third-order valence-electron chi connectivity index (χ3n) is 3.64. The Morgan fingerprint density at radius 3 is 2.38 bits per heavy atom. The lowest BCUT2D eigenvalue weighted by Crippen LogP contribution is -2.27. The number of aromatic hydroxyl groups is 1. The molecule has 2 rings (SSSR count). The fraction of sp³-hybridized carbons (Fsp3) is 0.571. The first-order chi connectivity index (χ1) is 7.74. The average molecular weight is 220 g/mol. The minimum Gasteiger partial charge on any atom is -0.508 e. The summed E-state index contributed by atoms with van der Waals surface area (Å²) in [6.45, 7) is 2.87. The van der Waals surface area contributed by atoms with E-state index in [1.165, 1.54) is 25.7 Å². The molecule has 1 aromatic rings. The number of phenolic OH excluding ortho intramolecular Hbond substituents is 1. The molecule has 0 aliphatic heterocycles. The molecule has 16 heavy (non-hydrogen) atoms. The van der Waals surface area contributed by atoms with Gasteiger partial charge in [-0.2, -0.15) is 0 Å². The van der Waals surface area contributed by atoms with Crippen molar-refractivity contribution in [1.82, 2.24) is 0 Å². The maximum absolute atomic E-state index is 9.19. The monoisotopic (exact) mass is 220 g/mol. The summed E-state index contributed by atoms with van der Waals surface area (Å²) in [6, 6.07) is 7.28. The fourth-order valence-electron chi connectivity index (χ4n) is 2.45. The lowest BCUT2D eigenvalue weighted by molar-refractivity contribution is -0.0544. The fourth-order valence-corrected chi connectivity index (χ4v) is 2.45. The maximum atomic E-state index is 9.19. The van der Waals surface area contributed by atoms with Gasteiger partial charge in [-0.05, 0) is 37.0 Å². The lowest BCUT2D eigenvalue weighted by atomic mass is 9.99. The molecule has 1 aliphatic rings. The molecule has 0 aromatic heterocycles. The third kappa shape index (κ3) is 2.56. The lowest BCUT2D eigenvalue weighted by Gasteiger charge is -2.28. The SMILES string of the molecule is CCC1(OCc2ccc(O)cc2)CCCC1. The topological polar surface area (TPSA) is 29.5 Å². The minimum atomic E-state index is 0.123. The molecule has 1 aromatic carbocycles. The van der Waals surface area contributed by atoms with E-state index in [2.05, 4.69) is 6.92 Å². The van der Waals surface area contributed by atoms with Gasteiger partial charge in [0, 0.05) is 0 Å². The van der Waals surface area contributed by atoms with Crippen molar-refractivity contribution in [2.24, 2.45) is 0 Å². The van der Waals surface area contributed by atoms with Crippen molar-refractivity contribution >= 4 is 0 Å². The van der Waals surface area contributed by atoms with Gasteiger partial charge in [0.25, 0.3) is 0 Å². The molecular weight excluding hydrogens is 200 g/mol. The van der Waals surface area contributed by atoms with Crippen LogP contribution in [0.15, 0.2) is 24.3 Å². The number of hydrogen-bond acceptors (Lipinski definition) is 2. The zero-order chi connectivity index (χ0) is 11.4. The van der Waals surface area contributed by atoms with Crippen LogP contribution in [0.3, 0.4) is 0 Å². The quantitative estimate of drug-likeness (QED) is 0.839. The second kappa shape index (κ2) is 4.88. The molecule has 0 radical (unpaired) electrons. The molecule has 1 N–H and O–H groups in total. The molecule has 0 unspecified atom stereocenters. The summed E-state index contributed by atoms with van der Waals surface area (Å²) >= 11 is 0. The molecule has 2 heteroatoms. The first-order valence-electron chi connectivity index (χ1n) is 6.16. The van der Waals surface area contributed by atoms with E-state index in [-0.39, 0.29) is 5.60 Å².